The van der Waals surface area contributed by atoms with E-state index in [0.29, 0.717) is 6.67 Å². The summed E-state index contributed by atoms with van der Waals surface area (Å²) < 4.78 is 4.50. The van der Waals surface area contributed by atoms with Crippen LogP contribution in [0.4, 0.5) is 17.2 Å². The van der Waals surface area contributed by atoms with Crippen LogP contribution in [0.2, 0.25) is 0 Å². The first-order valence-electron chi connectivity index (χ1n) is 21.6. The minimum atomic E-state index is -0.258. The zero-order valence-corrected chi connectivity index (χ0v) is 35.9. The average Bonchev–Trinajstić information content (AvgIpc) is 3.99. The third-order valence-corrected chi connectivity index (χ3v) is 12.5. The largest absolute Gasteiger partial charge is 0.340 e. The molecule has 6 aromatic carbocycles. The molecule has 0 unspecified atom stereocenters. The zero-order chi connectivity index (χ0) is 42.7. The molecule has 0 aliphatic carbocycles. The van der Waals surface area contributed by atoms with Gasteiger partial charge in [-0.05, 0) is 82.7 Å². The highest BCUT2D eigenvalue weighted by Gasteiger charge is 2.35. The van der Waals surface area contributed by atoms with E-state index in [2.05, 4.69) is 223 Å². The van der Waals surface area contributed by atoms with Gasteiger partial charge >= 0.3 is 0 Å². The van der Waals surface area contributed by atoms with Crippen LogP contribution >= 0.6 is 0 Å². The molecule has 1 aliphatic heterocycles. The van der Waals surface area contributed by atoms with Crippen molar-refractivity contribution in [1.29, 1.82) is 0 Å². The first-order chi connectivity index (χ1) is 30.8. The lowest BCUT2D eigenvalue weighted by Crippen LogP contribution is -2.53. The Balaban J connectivity index is 1.23. The van der Waals surface area contributed by atoms with Gasteiger partial charge in [0.05, 0.1) is 40.5 Å². The van der Waals surface area contributed by atoms with Crippen molar-refractivity contribution in [3.63, 3.8) is 0 Å². The van der Waals surface area contributed by atoms with Crippen LogP contribution in [-0.2, 0) is 5.41 Å². The predicted molar refractivity (Wildman–Crippen MR) is 262 cm³/mol. The van der Waals surface area contributed by atoms with E-state index in [1.807, 2.05) is 18.5 Å². The van der Waals surface area contributed by atoms with Crippen LogP contribution in [-0.4, -0.2) is 44.7 Å². The molecule has 0 saturated heterocycles. The van der Waals surface area contributed by atoms with Crippen LogP contribution in [0.1, 0.15) is 26.3 Å². The van der Waals surface area contributed by atoms with Gasteiger partial charge in [0.1, 0.15) is 5.82 Å². The van der Waals surface area contributed by atoms with E-state index >= 15 is 0 Å². The maximum Gasteiger partial charge on any atom is 0.247 e. The summed E-state index contributed by atoms with van der Waals surface area (Å²) in [6.45, 7) is 7.21. The van der Waals surface area contributed by atoms with E-state index in [9.17, 15) is 0 Å². The molecule has 5 heterocycles. The smallest absolute Gasteiger partial charge is 0.247 e. The summed E-state index contributed by atoms with van der Waals surface area (Å²) in [5.41, 5.74) is 14.2. The second-order valence-corrected chi connectivity index (χ2v) is 17.5. The number of pyridine rings is 2. The van der Waals surface area contributed by atoms with Crippen molar-refractivity contribution in [3.8, 4) is 34.0 Å². The average molecular weight is 816 g/mol. The number of para-hydroxylation sites is 2. The van der Waals surface area contributed by atoms with Gasteiger partial charge in [-0.15, -0.1) is 0 Å². The summed E-state index contributed by atoms with van der Waals surface area (Å²) in [4.78, 5) is 14.4. The molecule has 304 valence electrons. The zero-order valence-electron chi connectivity index (χ0n) is 35.9. The molecule has 0 saturated carbocycles. The fourth-order valence-electron chi connectivity index (χ4n) is 9.43. The number of nitrogens with zero attached hydrogens (tertiary/aromatic N) is 7. The minimum Gasteiger partial charge on any atom is -0.340 e. The fourth-order valence-corrected chi connectivity index (χ4v) is 9.43. The number of aromatic nitrogens is 5. The highest BCUT2D eigenvalue weighted by Crippen LogP contribution is 2.38. The molecule has 8 heteroatoms. The third kappa shape index (κ3) is 6.66. The van der Waals surface area contributed by atoms with Gasteiger partial charge in [-0.2, -0.15) is 5.10 Å². The number of benzene rings is 6. The first kappa shape index (κ1) is 38.2. The molecular formula is C55H46BN7. The second-order valence-electron chi connectivity index (χ2n) is 17.5. The number of rotatable bonds is 8. The molecule has 0 fully saturated rings. The molecule has 63 heavy (non-hydrogen) atoms. The summed E-state index contributed by atoms with van der Waals surface area (Å²) in [5.74, 6) is 1.88. The van der Waals surface area contributed by atoms with Gasteiger partial charge in [0, 0.05) is 41.5 Å². The van der Waals surface area contributed by atoms with E-state index in [4.69, 9.17) is 15.1 Å². The van der Waals surface area contributed by atoms with Crippen molar-refractivity contribution in [2.75, 3.05) is 23.5 Å². The molecule has 11 rings (SSSR count). The lowest BCUT2D eigenvalue weighted by molar-refractivity contribution is 0.588. The quantitative estimate of drug-likeness (QED) is 0.143. The molecule has 0 N–H and O–H groups in total. The Morgan fingerprint density at radius 2 is 1.24 bits per heavy atom. The summed E-state index contributed by atoms with van der Waals surface area (Å²) in [5, 5.41) is 7.98. The molecule has 0 atom stereocenters. The molecule has 10 aromatic rings. The monoisotopic (exact) mass is 815 g/mol. The number of hydrogen-bond acceptors (Lipinski definition) is 5. The standard InChI is InChI=1S/C55H46BN7/c1-55(2,3)40-31-33-57-50(34-40)62-47-27-15-14-26-45(47)46-30-29-42(36-49(46)62)56(41-22-16-25-44(35-41)61-37-60(4)54-48(61)28-17-32-58-54)51-52(38-18-8-5-9-19-38)59-63(43-23-12-7-13-24-43)53(51)39-20-10-6-11-21-39/h5-36H,37H2,1-4H3. The Morgan fingerprint density at radius 1 is 0.556 bits per heavy atom. The van der Waals surface area contributed by atoms with Crippen LogP contribution < -0.4 is 26.2 Å². The fraction of sp³-hybridized carbons (Fsp3) is 0.109. The molecule has 0 amide bonds. The second kappa shape index (κ2) is 15.3. The normalized spacial score (nSPS) is 12.6. The molecule has 1 aliphatic rings. The minimum absolute atomic E-state index is 0.0426. The summed E-state index contributed by atoms with van der Waals surface area (Å²) in [6.07, 6.45) is 3.82. The first-order valence-corrected chi connectivity index (χ1v) is 21.6. The molecular weight excluding hydrogens is 769 g/mol. The van der Waals surface area contributed by atoms with Gasteiger partial charge in [0.15, 0.2) is 5.82 Å². The topological polar surface area (TPSA) is 55.0 Å². The highest BCUT2D eigenvalue weighted by atomic mass is 15.4. The number of hydrogen-bond donors (Lipinski definition) is 0. The molecule has 0 bridgehead atoms. The van der Waals surface area contributed by atoms with Crippen molar-refractivity contribution < 1.29 is 0 Å². The van der Waals surface area contributed by atoms with E-state index < -0.39 is 0 Å². The van der Waals surface area contributed by atoms with Crippen molar-refractivity contribution >= 4 is 62.1 Å². The van der Waals surface area contributed by atoms with E-state index in [0.717, 1.165) is 78.6 Å². The van der Waals surface area contributed by atoms with Crippen molar-refractivity contribution in [3.05, 3.63) is 200 Å². The van der Waals surface area contributed by atoms with Crippen LogP contribution in [0.3, 0.4) is 0 Å². The molecule has 0 spiro atoms. The van der Waals surface area contributed by atoms with Gasteiger partial charge in [-0.25, -0.2) is 14.6 Å². The van der Waals surface area contributed by atoms with Gasteiger partial charge in [0.25, 0.3) is 0 Å². The van der Waals surface area contributed by atoms with Crippen molar-refractivity contribution in [1.82, 2.24) is 24.3 Å². The van der Waals surface area contributed by atoms with Crippen molar-refractivity contribution in [2.45, 2.75) is 26.2 Å². The lowest BCUT2D eigenvalue weighted by Gasteiger charge is -2.23. The number of fused-ring (bicyclic) bond motifs is 4. The van der Waals surface area contributed by atoms with Gasteiger partial charge in [-0.3, -0.25) is 4.57 Å². The van der Waals surface area contributed by atoms with Crippen LogP contribution in [0, 0.1) is 0 Å². The SMILES string of the molecule is CN1CN(c2cccc(B(c3ccc4c5ccccc5n(-c5cc(C(C)(C)C)ccn5)c4c3)c3c(-c4ccccc4)nn(-c4ccccc4)c3-c3ccccc3)c2)c2cccnc21. The summed E-state index contributed by atoms with van der Waals surface area (Å²) in [7, 11) is 2.11. The maximum absolute atomic E-state index is 5.61. The Morgan fingerprint density at radius 3 is 2.02 bits per heavy atom. The highest BCUT2D eigenvalue weighted by molar-refractivity contribution is 6.97. The maximum atomic E-state index is 5.61. The molecule has 4 aromatic heterocycles. The van der Waals surface area contributed by atoms with Gasteiger partial charge < -0.3 is 9.80 Å². The lowest BCUT2D eigenvalue weighted by atomic mass is 9.36. The van der Waals surface area contributed by atoms with Crippen LogP contribution in [0.15, 0.2) is 194 Å². The van der Waals surface area contributed by atoms with Gasteiger partial charge in [-0.1, -0.05) is 153 Å². The van der Waals surface area contributed by atoms with Gasteiger partial charge in [0.2, 0.25) is 6.71 Å². The third-order valence-electron chi connectivity index (χ3n) is 12.5. The Bertz CT molecular complexity index is 3280. The summed E-state index contributed by atoms with van der Waals surface area (Å²) in [6, 6.07) is 65.4. The Hall–Kier alpha value is -7.71. The van der Waals surface area contributed by atoms with E-state index in [-0.39, 0.29) is 12.1 Å². The number of anilines is 3. The van der Waals surface area contributed by atoms with E-state index in [1.165, 1.54) is 16.3 Å². The molecule has 0 radical (unpaired) electrons. The Kier molecular flexibility index (Phi) is 9.30. The Labute approximate surface area is 368 Å². The van der Waals surface area contributed by atoms with Crippen LogP contribution in [0.5, 0.6) is 0 Å². The summed E-state index contributed by atoms with van der Waals surface area (Å²) >= 11 is 0. The van der Waals surface area contributed by atoms with Crippen LogP contribution in [0.25, 0.3) is 55.8 Å². The van der Waals surface area contributed by atoms with Crippen molar-refractivity contribution in [2.24, 2.45) is 0 Å². The molecule has 7 nitrogen and oxygen atoms in total. The van der Waals surface area contributed by atoms with E-state index in [1.54, 1.807) is 0 Å². The predicted octanol–water partition coefficient (Wildman–Crippen LogP) is 10.5.